The molecule has 18 heteroatoms. The molecule has 0 saturated heterocycles. The van der Waals surface area contributed by atoms with Crippen molar-refractivity contribution in [3.63, 3.8) is 0 Å². The number of aromatic nitrogens is 4. The zero-order valence-corrected chi connectivity index (χ0v) is 43.2. The first kappa shape index (κ1) is 59.8. The minimum Gasteiger partial charge on any atom is -2.00 e. The number of nitrogen functional groups attached to an aromatic ring is 2. The molecule has 16 nitrogen and oxygen atoms in total. The van der Waals surface area contributed by atoms with Gasteiger partial charge in [0.15, 0.2) is 0 Å². The molecule has 0 amide bonds. The Morgan fingerprint density at radius 3 is 0.986 bits per heavy atom. The fraction of sp³-hybridized carbons (Fsp3) is 0.0714. The number of nitrogens with zero attached hydrogens (tertiary/aromatic N) is 8. The first-order chi connectivity index (χ1) is 33.9. The van der Waals surface area contributed by atoms with E-state index < -0.39 is 11.8 Å². The SMILES string of the molecule is C/C(=N\N=C(/[O-])c1ccccc1N)c1cc(C)ccc1[O-].C/C(=N\N=C(/[O-])c1ccccc1N)c1cc(C)ccc1[O-].[O-2].[O-2].[V+4].[V+4].c1cnc2c(c1)ccc1cccnc12.c1cnc2c(c1)ccc1cccnc12. The van der Waals surface area contributed by atoms with Crippen molar-refractivity contribution in [2.75, 3.05) is 11.5 Å². The number of benzene rings is 6. The fourth-order valence-electron chi connectivity index (χ4n) is 7.05. The Balaban J connectivity index is 0.000000259. The number of aryl methyl sites for hydroxylation is 2. The van der Waals surface area contributed by atoms with Gasteiger partial charge in [-0.3, -0.25) is 19.9 Å². The van der Waals surface area contributed by atoms with Crippen LogP contribution < -0.4 is 31.9 Å². The zero-order chi connectivity index (χ0) is 49.6. The summed E-state index contributed by atoms with van der Waals surface area (Å²) < 4.78 is 0. The van der Waals surface area contributed by atoms with Gasteiger partial charge in [0.2, 0.25) is 0 Å². The van der Waals surface area contributed by atoms with Crippen LogP contribution in [0.2, 0.25) is 0 Å². The predicted molar refractivity (Wildman–Crippen MR) is 276 cm³/mol. The first-order valence-corrected chi connectivity index (χ1v) is 21.9. The Morgan fingerprint density at radius 2 is 0.689 bits per heavy atom. The standard InChI is InChI=1S/2C16H17N3O2.2C12H8N2.2O.2V/c2*1-10-7-8-15(20)13(9-10)11(2)18-19-16(21)12-5-3-4-6-14(12)17;2*1-3-9-5-6-10-4-2-8-14-12(10)11(9)13-7-1;;;;/h2*3-9,20H,17H2,1-2H3,(H,19,21);2*1-8H;;;;/q;;;;2*-2;2*+4/p-4/b2*18-11+;;;;;;. The number of fused-ring (bicyclic) bond motifs is 6. The van der Waals surface area contributed by atoms with E-state index in [-0.39, 0.29) is 59.6 Å². The molecule has 0 fully saturated rings. The van der Waals surface area contributed by atoms with Gasteiger partial charge in [0.1, 0.15) is 0 Å². The molecule has 74 heavy (non-hydrogen) atoms. The van der Waals surface area contributed by atoms with E-state index in [9.17, 15) is 20.4 Å². The Hall–Kier alpha value is -8.47. The van der Waals surface area contributed by atoms with Gasteiger partial charge in [0.25, 0.3) is 0 Å². The summed E-state index contributed by atoms with van der Waals surface area (Å²) in [5.74, 6) is -1.37. The van der Waals surface area contributed by atoms with Crippen LogP contribution in [0.1, 0.15) is 47.2 Å². The number of hydrogen-bond donors (Lipinski definition) is 2. The number of rotatable bonds is 6. The van der Waals surface area contributed by atoms with Crippen LogP contribution in [0, 0.1) is 13.8 Å². The number of anilines is 2. The third-order valence-corrected chi connectivity index (χ3v) is 10.7. The van der Waals surface area contributed by atoms with Crippen LogP contribution in [0.3, 0.4) is 0 Å². The molecule has 10 aromatic rings. The van der Waals surface area contributed by atoms with Gasteiger partial charge in [-0.05, 0) is 75.2 Å². The van der Waals surface area contributed by atoms with Crippen molar-refractivity contribution in [1.82, 2.24) is 19.9 Å². The molecule has 4 heterocycles. The maximum Gasteiger partial charge on any atom is 4.00 e. The normalized spacial score (nSPS) is 11.2. The molecule has 6 aromatic carbocycles. The minimum atomic E-state index is -0.535. The van der Waals surface area contributed by atoms with Crippen molar-refractivity contribution < 1.29 is 68.5 Å². The summed E-state index contributed by atoms with van der Waals surface area (Å²) in [5.41, 5.74) is 20.1. The van der Waals surface area contributed by atoms with E-state index >= 15 is 0 Å². The first-order valence-electron chi connectivity index (χ1n) is 21.9. The van der Waals surface area contributed by atoms with E-state index in [2.05, 4.69) is 88.9 Å². The second-order valence-corrected chi connectivity index (χ2v) is 15.8. The minimum absolute atomic E-state index is 0. The van der Waals surface area contributed by atoms with Gasteiger partial charge in [-0.25, -0.2) is 0 Å². The number of nitrogens with two attached hydrogens (primary N) is 2. The second kappa shape index (κ2) is 28.5. The molecule has 366 valence electrons. The predicted octanol–water partition coefficient (Wildman–Crippen LogP) is 7.69. The molecule has 0 atom stereocenters. The van der Waals surface area contributed by atoms with E-state index in [1.54, 1.807) is 111 Å². The van der Waals surface area contributed by atoms with E-state index in [1.807, 2.05) is 38.1 Å². The van der Waals surface area contributed by atoms with Gasteiger partial charge in [-0.2, -0.15) is 20.4 Å². The molecule has 0 unspecified atom stereocenters. The van der Waals surface area contributed by atoms with Crippen LogP contribution in [0.15, 0.2) is 203 Å². The summed E-state index contributed by atoms with van der Waals surface area (Å²) in [7, 11) is 0. The third kappa shape index (κ3) is 15.3. The van der Waals surface area contributed by atoms with Crippen LogP contribution in [0.25, 0.3) is 43.6 Å². The maximum atomic E-state index is 11.9. The molecule has 0 saturated carbocycles. The summed E-state index contributed by atoms with van der Waals surface area (Å²) in [5, 5.41) is 66.9. The zero-order valence-electron chi connectivity index (χ0n) is 40.4. The van der Waals surface area contributed by atoms with E-state index in [1.165, 1.54) is 12.1 Å². The van der Waals surface area contributed by atoms with Crippen LogP contribution in [0.5, 0.6) is 11.5 Å². The average molecular weight is 1060 g/mol. The molecule has 0 spiro atoms. The van der Waals surface area contributed by atoms with E-state index in [0.29, 0.717) is 45.1 Å². The molecule has 0 aliphatic heterocycles. The average Bonchev–Trinajstić information content (AvgIpc) is 3.39. The van der Waals surface area contributed by atoms with Gasteiger partial charge in [0, 0.05) is 80.6 Å². The third-order valence-electron chi connectivity index (χ3n) is 10.7. The van der Waals surface area contributed by atoms with Crippen LogP contribution in [0.4, 0.5) is 11.4 Å². The van der Waals surface area contributed by atoms with Gasteiger partial charge >= 0.3 is 37.1 Å². The van der Waals surface area contributed by atoms with Crippen molar-refractivity contribution in [2.45, 2.75) is 27.7 Å². The van der Waals surface area contributed by atoms with Crippen LogP contribution in [-0.2, 0) is 48.1 Å². The Labute approximate surface area is 451 Å². The van der Waals surface area contributed by atoms with Gasteiger partial charge in [-0.15, -0.1) is 0 Å². The van der Waals surface area contributed by atoms with Gasteiger partial charge in [0.05, 0.1) is 33.5 Å². The van der Waals surface area contributed by atoms with Gasteiger partial charge in [-0.1, -0.05) is 144 Å². The number of hydrogen-bond acceptors (Lipinski definition) is 14. The molecule has 2 radical (unpaired) electrons. The monoisotopic (exact) mass is 1060 g/mol. The van der Waals surface area contributed by atoms with Crippen molar-refractivity contribution in [2.24, 2.45) is 20.4 Å². The quantitative estimate of drug-likeness (QED) is 0.0538. The molecular formula is C56H46N10O6V2. The van der Waals surface area contributed by atoms with Crippen LogP contribution in [-0.4, -0.2) is 43.2 Å². The number of para-hydroxylation sites is 2. The molecule has 0 aliphatic rings. The Kier molecular flexibility index (Phi) is 23.1. The van der Waals surface area contributed by atoms with Gasteiger partial charge < -0.3 is 42.8 Å². The molecule has 10 rings (SSSR count). The van der Waals surface area contributed by atoms with Crippen molar-refractivity contribution >= 4 is 78.2 Å². The largest absolute Gasteiger partial charge is 4.00 e. The Morgan fingerprint density at radius 1 is 0.392 bits per heavy atom. The molecule has 4 aromatic heterocycles. The maximum absolute atomic E-state index is 11.9. The van der Waals surface area contributed by atoms with Crippen LogP contribution >= 0.6 is 0 Å². The molecule has 0 aliphatic carbocycles. The summed E-state index contributed by atoms with van der Waals surface area (Å²) in [6, 6.07) is 47.4. The van der Waals surface area contributed by atoms with E-state index in [4.69, 9.17) is 11.5 Å². The van der Waals surface area contributed by atoms with Crippen molar-refractivity contribution in [1.29, 1.82) is 0 Å². The second-order valence-electron chi connectivity index (χ2n) is 15.8. The fourth-order valence-corrected chi connectivity index (χ4v) is 7.05. The van der Waals surface area contributed by atoms with Crippen molar-refractivity contribution in [3.8, 4) is 11.5 Å². The Bertz CT molecular complexity index is 3270. The summed E-state index contributed by atoms with van der Waals surface area (Å²) in [4.78, 5) is 17.4. The summed E-state index contributed by atoms with van der Waals surface area (Å²) in [6.07, 6.45) is 7.21. The van der Waals surface area contributed by atoms with Crippen molar-refractivity contribution in [3.05, 3.63) is 216 Å². The topological polar surface area (TPSA) is 302 Å². The smallest absolute Gasteiger partial charge is 2.00 e. The molecule has 4 N–H and O–H groups in total. The molecule has 0 bridgehead atoms. The van der Waals surface area contributed by atoms with E-state index in [0.717, 1.165) is 54.7 Å². The summed E-state index contributed by atoms with van der Waals surface area (Å²) >= 11 is 0. The molecular weight excluding hydrogens is 1010 g/mol. The number of pyridine rings is 4. The summed E-state index contributed by atoms with van der Waals surface area (Å²) in [6.45, 7) is 7.04.